The van der Waals surface area contributed by atoms with E-state index in [-0.39, 0.29) is 18.2 Å². The van der Waals surface area contributed by atoms with Gasteiger partial charge in [-0.15, -0.1) is 0 Å². The SMILES string of the molecule is CC.CCOc1cc(N(CC)C(=O)OC(C)(C)C)cc(/C=C/CC2OC(C)(CC)OC2C/C(F)=C\[C@@H](C)C(C)N=O)c1C=O.COC. The van der Waals surface area contributed by atoms with Crippen LogP contribution in [0.25, 0.3) is 6.08 Å². The Hall–Kier alpha value is -3.15. The standard InChI is InChI=1S/C32H47FN2O7.C2H6O.C2H6/c1-10-32(9)40-27(29(41-32)18-24(33)16-21(4)22(5)34-38)15-13-14-23-17-25(19-28(39-12-3)26(23)20-36)35(11-2)30(37)42-31(6,7)8;1-3-2;1-2/h13-14,16-17,19-22,27,29H,10-12,15,18H2,1-9H3;1-2H3;1-2H3/b14-13+,24-16+;;/t21-,22?,27?,29?,32?;;/m1../s1. The summed E-state index contributed by atoms with van der Waals surface area (Å²) in [4.78, 5) is 37.4. The monoisotopic (exact) mass is 666 g/mol. The highest BCUT2D eigenvalue weighted by atomic mass is 19.1. The van der Waals surface area contributed by atoms with E-state index < -0.39 is 35.7 Å². The Morgan fingerprint density at radius 1 is 1.13 bits per heavy atom. The molecular formula is C36H59FN2O8. The van der Waals surface area contributed by atoms with Crippen LogP contribution in [0.4, 0.5) is 14.9 Å². The summed E-state index contributed by atoms with van der Waals surface area (Å²) in [6.45, 7) is 20.9. The molecule has 1 saturated heterocycles. The van der Waals surface area contributed by atoms with Gasteiger partial charge in [-0.3, -0.25) is 9.69 Å². The predicted octanol–water partition coefficient (Wildman–Crippen LogP) is 9.30. The average molecular weight is 667 g/mol. The fourth-order valence-electron chi connectivity index (χ4n) is 4.53. The Morgan fingerprint density at radius 3 is 2.21 bits per heavy atom. The molecule has 0 spiro atoms. The summed E-state index contributed by atoms with van der Waals surface area (Å²) in [5.41, 5.74) is 0.744. The predicted molar refractivity (Wildman–Crippen MR) is 187 cm³/mol. The molecule has 0 saturated carbocycles. The molecular weight excluding hydrogens is 607 g/mol. The van der Waals surface area contributed by atoms with Gasteiger partial charge in [0.15, 0.2) is 12.1 Å². The number of nitrogens with zero attached hydrogens (tertiary/aromatic N) is 2. The van der Waals surface area contributed by atoms with Gasteiger partial charge < -0.3 is 23.7 Å². The van der Waals surface area contributed by atoms with E-state index in [0.717, 1.165) is 6.29 Å². The van der Waals surface area contributed by atoms with Gasteiger partial charge in [-0.25, -0.2) is 9.18 Å². The van der Waals surface area contributed by atoms with Crippen LogP contribution in [0.1, 0.15) is 111 Å². The first-order valence-electron chi connectivity index (χ1n) is 16.5. The molecule has 1 aromatic rings. The van der Waals surface area contributed by atoms with Crippen molar-refractivity contribution >= 4 is 24.1 Å². The fraction of sp³-hybridized carbons (Fsp3) is 0.667. The van der Waals surface area contributed by atoms with Gasteiger partial charge in [-0.1, -0.05) is 45.0 Å². The normalized spacial score (nSPS) is 20.7. The van der Waals surface area contributed by atoms with Crippen molar-refractivity contribution in [3.8, 4) is 5.75 Å². The van der Waals surface area contributed by atoms with E-state index in [9.17, 15) is 18.9 Å². The molecule has 1 heterocycles. The van der Waals surface area contributed by atoms with Gasteiger partial charge in [0.25, 0.3) is 0 Å². The Bertz CT molecular complexity index is 1170. The maximum absolute atomic E-state index is 14.9. The lowest BCUT2D eigenvalue weighted by atomic mass is 10.00. The second-order valence-corrected chi connectivity index (χ2v) is 12.1. The van der Waals surface area contributed by atoms with Crippen molar-refractivity contribution in [2.45, 2.75) is 125 Å². The van der Waals surface area contributed by atoms with Gasteiger partial charge in [0.1, 0.15) is 11.4 Å². The van der Waals surface area contributed by atoms with Crippen LogP contribution in [0, 0.1) is 10.8 Å². The molecule has 5 atom stereocenters. The molecule has 2 rings (SSSR count). The molecule has 1 aliphatic rings. The van der Waals surface area contributed by atoms with Crippen LogP contribution in [0.2, 0.25) is 0 Å². The molecule has 0 aromatic heterocycles. The number of benzene rings is 1. The molecule has 47 heavy (non-hydrogen) atoms. The molecule has 0 bridgehead atoms. The van der Waals surface area contributed by atoms with E-state index in [0.29, 0.717) is 48.6 Å². The lowest BCUT2D eigenvalue weighted by Crippen LogP contribution is -2.36. The minimum atomic E-state index is -0.863. The van der Waals surface area contributed by atoms with Crippen molar-refractivity contribution in [2.75, 3.05) is 32.3 Å². The second kappa shape index (κ2) is 21.7. The molecule has 11 heteroatoms. The Kier molecular flexibility index (Phi) is 20.2. The molecule has 10 nitrogen and oxygen atoms in total. The zero-order chi connectivity index (χ0) is 36.4. The summed E-state index contributed by atoms with van der Waals surface area (Å²) in [7, 11) is 3.25. The van der Waals surface area contributed by atoms with Crippen molar-refractivity contribution in [1.29, 1.82) is 0 Å². The minimum absolute atomic E-state index is 0.00504. The van der Waals surface area contributed by atoms with E-state index in [4.69, 9.17) is 18.9 Å². The van der Waals surface area contributed by atoms with Gasteiger partial charge in [0.05, 0.1) is 41.9 Å². The van der Waals surface area contributed by atoms with Crippen LogP contribution in [-0.4, -0.2) is 69.4 Å². The fourth-order valence-corrected chi connectivity index (χ4v) is 4.53. The smallest absolute Gasteiger partial charge is 0.414 e. The van der Waals surface area contributed by atoms with Gasteiger partial charge in [-0.05, 0) is 79.0 Å². The largest absolute Gasteiger partial charge is 0.493 e. The first kappa shape index (κ1) is 43.9. The molecule has 1 aliphatic heterocycles. The first-order valence-corrected chi connectivity index (χ1v) is 16.5. The molecule has 0 N–H and O–H groups in total. The molecule has 0 radical (unpaired) electrons. The first-order chi connectivity index (χ1) is 22.1. The van der Waals surface area contributed by atoms with E-state index >= 15 is 0 Å². The van der Waals surface area contributed by atoms with Crippen LogP contribution >= 0.6 is 0 Å². The van der Waals surface area contributed by atoms with Crippen LogP contribution in [-0.2, 0) is 18.9 Å². The van der Waals surface area contributed by atoms with E-state index in [1.165, 1.54) is 11.0 Å². The zero-order valence-electron chi connectivity index (χ0n) is 30.8. The lowest BCUT2D eigenvalue weighted by Gasteiger charge is -2.27. The third kappa shape index (κ3) is 14.7. The number of halogens is 1. The van der Waals surface area contributed by atoms with E-state index in [2.05, 4.69) is 9.91 Å². The Balaban J connectivity index is 0.00000399. The highest BCUT2D eigenvalue weighted by Gasteiger charge is 2.43. The summed E-state index contributed by atoms with van der Waals surface area (Å²) in [5, 5.41) is 2.98. The van der Waals surface area contributed by atoms with Gasteiger partial charge in [-0.2, -0.15) is 4.91 Å². The number of carbonyl (C=O) groups is 2. The molecule has 0 aliphatic carbocycles. The summed E-state index contributed by atoms with van der Waals surface area (Å²) in [5.74, 6) is -1.25. The van der Waals surface area contributed by atoms with Crippen molar-refractivity contribution in [1.82, 2.24) is 0 Å². The molecule has 1 aromatic carbocycles. The van der Waals surface area contributed by atoms with Crippen LogP contribution in [0.3, 0.4) is 0 Å². The van der Waals surface area contributed by atoms with E-state index in [1.54, 1.807) is 67.0 Å². The third-order valence-electron chi connectivity index (χ3n) is 7.11. The van der Waals surface area contributed by atoms with Crippen molar-refractivity contribution in [3.05, 3.63) is 46.1 Å². The topological polar surface area (TPSA) is 113 Å². The average Bonchev–Trinajstić information content (AvgIpc) is 3.32. The summed E-state index contributed by atoms with van der Waals surface area (Å²) < 4.78 is 42.8. The highest BCUT2D eigenvalue weighted by Crippen LogP contribution is 2.37. The van der Waals surface area contributed by atoms with Crippen LogP contribution in [0.15, 0.2) is 35.3 Å². The van der Waals surface area contributed by atoms with E-state index in [1.807, 2.05) is 47.6 Å². The number of rotatable bonds is 14. The van der Waals surface area contributed by atoms with Crippen LogP contribution in [0.5, 0.6) is 5.75 Å². The molecule has 4 unspecified atom stereocenters. The van der Waals surface area contributed by atoms with Crippen molar-refractivity contribution < 1.29 is 37.7 Å². The Morgan fingerprint density at radius 2 is 1.72 bits per heavy atom. The zero-order valence-corrected chi connectivity index (χ0v) is 30.8. The number of methoxy groups -OCH3 is 1. The number of amides is 1. The number of carbonyl (C=O) groups excluding carboxylic acids is 2. The van der Waals surface area contributed by atoms with Crippen molar-refractivity contribution in [2.24, 2.45) is 11.1 Å². The summed E-state index contributed by atoms with van der Waals surface area (Å²) in [6, 6.07) is 2.85. The number of hydrogen-bond donors (Lipinski definition) is 0. The minimum Gasteiger partial charge on any atom is -0.493 e. The van der Waals surface area contributed by atoms with Gasteiger partial charge in [0, 0.05) is 39.2 Å². The maximum Gasteiger partial charge on any atom is 0.414 e. The molecule has 1 amide bonds. The van der Waals surface area contributed by atoms with Gasteiger partial charge in [0.2, 0.25) is 0 Å². The third-order valence-corrected chi connectivity index (χ3v) is 7.11. The number of ether oxygens (including phenoxy) is 5. The lowest BCUT2D eigenvalue weighted by molar-refractivity contribution is -0.162. The highest BCUT2D eigenvalue weighted by molar-refractivity contribution is 5.92. The summed E-state index contributed by atoms with van der Waals surface area (Å²) >= 11 is 0. The molecule has 1 fully saturated rings. The summed E-state index contributed by atoms with van der Waals surface area (Å²) in [6.07, 6.45) is 5.17. The Labute approximate surface area is 282 Å². The van der Waals surface area contributed by atoms with Gasteiger partial charge >= 0.3 is 6.09 Å². The number of hydrogen-bond acceptors (Lipinski definition) is 9. The quantitative estimate of drug-likeness (QED) is 0.143. The number of aldehydes is 1. The number of nitroso groups, excluding NO2 is 1. The number of anilines is 1. The second-order valence-electron chi connectivity index (χ2n) is 12.1. The molecule has 268 valence electrons. The van der Waals surface area contributed by atoms with Crippen LogP contribution < -0.4 is 9.64 Å². The maximum atomic E-state index is 14.9. The van der Waals surface area contributed by atoms with Crippen molar-refractivity contribution in [3.63, 3.8) is 0 Å².